The van der Waals surface area contributed by atoms with Gasteiger partial charge < -0.3 is 9.67 Å². The normalized spacial score (nSPS) is 17.1. The van der Waals surface area contributed by atoms with E-state index in [-0.39, 0.29) is 0 Å². The second-order valence-electron chi connectivity index (χ2n) is 6.59. The number of hydrogen-bond acceptors (Lipinski definition) is 1. The van der Waals surface area contributed by atoms with Crippen molar-refractivity contribution in [2.24, 2.45) is 0 Å². The number of aliphatic carboxylic acids is 1. The summed E-state index contributed by atoms with van der Waals surface area (Å²) in [5.74, 6) is -0.673. The van der Waals surface area contributed by atoms with Crippen LogP contribution >= 0.6 is 0 Å². The van der Waals surface area contributed by atoms with E-state index in [1.165, 1.54) is 21.8 Å². The van der Waals surface area contributed by atoms with E-state index in [9.17, 15) is 9.90 Å². The van der Waals surface area contributed by atoms with Crippen LogP contribution in [-0.4, -0.2) is 15.6 Å². The van der Waals surface area contributed by atoms with Crippen molar-refractivity contribution in [2.75, 3.05) is 0 Å². The summed E-state index contributed by atoms with van der Waals surface area (Å²) in [4.78, 5) is 12.0. The predicted molar refractivity (Wildman–Crippen MR) is 92.9 cm³/mol. The van der Waals surface area contributed by atoms with Gasteiger partial charge in [-0.15, -0.1) is 0 Å². The zero-order valence-electron chi connectivity index (χ0n) is 13.4. The molecule has 4 rings (SSSR count). The van der Waals surface area contributed by atoms with Crippen LogP contribution in [0.2, 0.25) is 0 Å². The summed E-state index contributed by atoms with van der Waals surface area (Å²) in [5.41, 5.74) is 2.69. The summed E-state index contributed by atoms with van der Waals surface area (Å²) < 4.78 is 2.30. The van der Waals surface area contributed by atoms with Crippen LogP contribution in [0, 0.1) is 0 Å². The highest BCUT2D eigenvalue weighted by molar-refractivity contribution is 6.08. The Bertz CT molecular complexity index is 901. The molecule has 3 aromatic rings. The fourth-order valence-corrected chi connectivity index (χ4v) is 4.30. The van der Waals surface area contributed by atoms with Crippen LogP contribution in [0.15, 0.2) is 42.5 Å². The molecule has 0 aliphatic heterocycles. The summed E-state index contributed by atoms with van der Waals surface area (Å²) in [6.07, 6.45) is 3.50. The fraction of sp³-hybridized carbons (Fsp3) is 0.350. The maximum atomic E-state index is 12.0. The molecule has 23 heavy (non-hydrogen) atoms. The molecule has 0 bridgehead atoms. The molecule has 2 aromatic carbocycles. The molecule has 0 atom stereocenters. The van der Waals surface area contributed by atoms with E-state index in [1.54, 1.807) is 0 Å². The van der Waals surface area contributed by atoms with Crippen molar-refractivity contribution >= 4 is 27.8 Å². The Morgan fingerprint density at radius 3 is 2.48 bits per heavy atom. The smallest absolute Gasteiger partial charge is 0.314 e. The van der Waals surface area contributed by atoms with Gasteiger partial charge in [0.25, 0.3) is 0 Å². The molecule has 0 amide bonds. The van der Waals surface area contributed by atoms with Gasteiger partial charge in [-0.25, -0.2) is 0 Å². The van der Waals surface area contributed by atoms with Crippen molar-refractivity contribution in [3.8, 4) is 0 Å². The minimum Gasteiger partial charge on any atom is -0.481 e. The van der Waals surface area contributed by atoms with E-state index < -0.39 is 11.4 Å². The number of fused-ring (bicyclic) bond motifs is 3. The summed E-state index contributed by atoms with van der Waals surface area (Å²) in [7, 11) is 0. The number of hydrogen-bond donors (Lipinski definition) is 1. The maximum absolute atomic E-state index is 12.0. The lowest BCUT2D eigenvalue weighted by Gasteiger charge is -2.24. The minimum absolute atomic E-state index is 0.673. The van der Waals surface area contributed by atoms with Crippen LogP contribution in [0.4, 0.5) is 0 Å². The number of rotatable bonds is 3. The first-order chi connectivity index (χ1) is 11.2. The Kier molecular flexibility index (Phi) is 3.19. The van der Waals surface area contributed by atoms with Crippen LogP contribution in [0.5, 0.6) is 0 Å². The van der Waals surface area contributed by atoms with Crippen molar-refractivity contribution in [1.29, 1.82) is 0 Å². The first-order valence-corrected chi connectivity index (χ1v) is 8.42. The van der Waals surface area contributed by atoms with Gasteiger partial charge in [-0.1, -0.05) is 37.1 Å². The van der Waals surface area contributed by atoms with Crippen molar-refractivity contribution in [3.63, 3.8) is 0 Å². The van der Waals surface area contributed by atoms with Crippen LogP contribution in [-0.2, 0) is 16.8 Å². The Morgan fingerprint density at radius 1 is 1.09 bits per heavy atom. The molecule has 0 spiro atoms. The van der Waals surface area contributed by atoms with E-state index >= 15 is 0 Å². The van der Waals surface area contributed by atoms with Gasteiger partial charge in [-0.05, 0) is 43.5 Å². The SMILES string of the molecule is CCn1c2ccccc2c2cc(C3(C(=O)O)CCCC3)ccc21. The number of aryl methyl sites for hydroxylation is 1. The summed E-state index contributed by atoms with van der Waals surface area (Å²) >= 11 is 0. The average molecular weight is 307 g/mol. The standard InChI is InChI=1S/C20H21NO2/c1-2-21-17-8-4-3-7-15(17)16-13-14(9-10-18(16)21)20(19(22)23)11-5-6-12-20/h3-4,7-10,13H,2,5-6,11-12H2,1H3,(H,22,23). The molecule has 118 valence electrons. The first-order valence-electron chi connectivity index (χ1n) is 8.42. The number of aromatic nitrogens is 1. The van der Waals surface area contributed by atoms with Gasteiger partial charge in [-0.2, -0.15) is 0 Å². The number of para-hydroxylation sites is 1. The Hall–Kier alpha value is -2.29. The van der Waals surface area contributed by atoms with E-state index in [4.69, 9.17) is 0 Å². The number of carboxylic acids is 1. The van der Waals surface area contributed by atoms with E-state index in [1.807, 2.05) is 6.07 Å². The van der Waals surface area contributed by atoms with Crippen LogP contribution in [0.3, 0.4) is 0 Å². The molecule has 3 nitrogen and oxygen atoms in total. The average Bonchev–Trinajstić information content (AvgIpc) is 3.18. The first kappa shape index (κ1) is 14.3. The summed E-state index contributed by atoms with van der Waals surface area (Å²) in [6, 6.07) is 14.7. The highest BCUT2D eigenvalue weighted by atomic mass is 16.4. The maximum Gasteiger partial charge on any atom is 0.314 e. The lowest BCUT2D eigenvalue weighted by Crippen LogP contribution is -2.32. The third-order valence-corrected chi connectivity index (χ3v) is 5.51. The molecule has 0 unspecified atom stereocenters. The summed E-state index contributed by atoms with van der Waals surface area (Å²) in [6.45, 7) is 3.06. The van der Waals surface area contributed by atoms with Crippen molar-refractivity contribution in [2.45, 2.75) is 44.6 Å². The second-order valence-corrected chi connectivity index (χ2v) is 6.59. The van der Waals surface area contributed by atoms with Gasteiger partial charge in [-0.3, -0.25) is 4.79 Å². The topological polar surface area (TPSA) is 42.2 Å². The highest BCUT2D eigenvalue weighted by Gasteiger charge is 2.43. The Labute approximate surface area is 135 Å². The molecule has 1 aliphatic rings. The van der Waals surface area contributed by atoms with Crippen LogP contribution in [0.1, 0.15) is 38.2 Å². The molecule has 1 aliphatic carbocycles. The van der Waals surface area contributed by atoms with Gasteiger partial charge in [0.05, 0.1) is 5.41 Å². The van der Waals surface area contributed by atoms with E-state index in [2.05, 4.69) is 47.9 Å². The number of nitrogens with zero attached hydrogens (tertiary/aromatic N) is 1. The molecule has 1 N–H and O–H groups in total. The van der Waals surface area contributed by atoms with Gasteiger partial charge >= 0.3 is 5.97 Å². The third-order valence-electron chi connectivity index (χ3n) is 5.51. The van der Waals surface area contributed by atoms with E-state index in [0.717, 1.165) is 37.8 Å². The van der Waals surface area contributed by atoms with Gasteiger partial charge in [0.2, 0.25) is 0 Å². The minimum atomic E-state index is -0.691. The lowest BCUT2D eigenvalue weighted by atomic mass is 9.78. The van der Waals surface area contributed by atoms with E-state index in [0.29, 0.717) is 0 Å². The molecular weight excluding hydrogens is 286 g/mol. The monoisotopic (exact) mass is 307 g/mol. The zero-order valence-corrected chi connectivity index (χ0v) is 13.4. The number of carboxylic acid groups (broad SMARTS) is 1. The molecule has 1 saturated carbocycles. The van der Waals surface area contributed by atoms with Gasteiger partial charge in [0.15, 0.2) is 0 Å². The predicted octanol–water partition coefficient (Wildman–Crippen LogP) is 4.71. The summed E-state index contributed by atoms with van der Waals surface area (Å²) in [5, 5.41) is 12.2. The zero-order chi connectivity index (χ0) is 16.0. The Morgan fingerprint density at radius 2 is 1.78 bits per heavy atom. The Balaban J connectivity index is 2.01. The molecule has 0 radical (unpaired) electrons. The largest absolute Gasteiger partial charge is 0.481 e. The molecular formula is C20H21NO2. The molecule has 3 heteroatoms. The van der Waals surface area contributed by atoms with Crippen LogP contribution in [0.25, 0.3) is 21.8 Å². The molecule has 0 saturated heterocycles. The lowest BCUT2D eigenvalue weighted by molar-refractivity contribution is -0.143. The van der Waals surface area contributed by atoms with Gasteiger partial charge in [0.1, 0.15) is 0 Å². The quantitative estimate of drug-likeness (QED) is 0.761. The van der Waals surface area contributed by atoms with Crippen molar-refractivity contribution in [1.82, 2.24) is 4.57 Å². The fourth-order valence-electron chi connectivity index (χ4n) is 4.30. The van der Waals surface area contributed by atoms with Crippen molar-refractivity contribution in [3.05, 3.63) is 48.0 Å². The third kappa shape index (κ3) is 1.92. The molecule has 1 fully saturated rings. The number of carbonyl (C=O) groups is 1. The highest BCUT2D eigenvalue weighted by Crippen LogP contribution is 2.43. The van der Waals surface area contributed by atoms with Crippen molar-refractivity contribution < 1.29 is 9.90 Å². The number of benzene rings is 2. The van der Waals surface area contributed by atoms with Crippen LogP contribution < -0.4 is 0 Å². The molecule has 1 aromatic heterocycles. The second kappa shape index (κ2) is 5.12. The molecule has 1 heterocycles. The van der Waals surface area contributed by atoms with Gasteiger partial charge in [0, 0.05) is 28.4 Å².